The minimum atomic E-state index is -0.822. The minimum Gasteiger partial charge on any atom is -0.443 e. The molecule has 0 aliphatic rings. The Morgan fingerprint density at radius 3 is 1.91 bits per heavy atom. The summed E-state index contributed by atoms with van der Waals surface area (Å²) in [7, 11) is 0. The second-order valence-corrected chi connectivity index (χ2v) is 7.73. The Hall–Kier alpha value is -1.76. The van der Waals surface area contributed by atoms with Gasteiger partial charge in [-0.1, -0.05) is 0 Å². The molecule has 2 amide bonds. The Balaban J connectivity index is 3.19. The first-order valence-corrected chi connectivity index (χ1v) is 8.41. The van der Waals surface area contributed by atoms with E-state index in [4.69, 9.17) is 9.47 Å². The number of aromatic nitrogens is 1. The molecule has 1 heterocycles. The number of nitrogens with zero attached hydrogens (tertiary/aromatic N) is 2. The highest BCUT2D eigenvalue weighted by Gasteiger charge is 2.33. The van der Waals surface area contributed by atoms with Gasteiger partial charge in [-0.3, -0.25) is 0 Å². The molecule has 1 aromatic rings. The van der Waals surface area contributed by atoms with Crippen LogP contribution < -0.4 is 4.90 Å². The number of carbonyl (C=O) groups is 2. The molecule has 0 radical (unpaired) electrons. The van der Waals surface area contributed by atoms with Crippen LogP contribution in [0.25, 0.3) is 0 Å². The summed E-state index contributed by atoms with van der Waals surface area (Å²) in [4.78, 5) is 30.7. The van der Waals surface area contributed by atoms with Crippen LogP contribution in [0, 0.1) is 0 Å². The maximum Gasteiger partial charge on any atom is 0.425 e. The summed E-state index contributed by atoms with van der Waals surface area (Å²) >= 11 is 1.48. The largest absolute Gasteiger partial charge is 0.443 e. The Kier molecular flexibility index (Phi) is 6.04. The van der Waals surface area contributed by atoms with Gasteiger partial charge in [0.2, 0.25) is 0 Å². The lowest BCUT2D eigenvalue weighted by Crippen LogP contribution is -2.44. The van der Waals surface area contributed by atoms with E-state index in [9.17, 15) is 9.59 Å². The molecule has 7 heteroatoms. The molecule has 0 saturated heterocycles. The fraction of sp³-hybridized carbons (Fsp3) is 0.562. The molecule has 1 rings (SSSR count). The monoisotopic (exact) mass is 340 g/mol. The van der Waals surface area contributed by atoms with Gasteiger partial charge in [0, 0.05) is 11.1 Å². The Labute approximate surface area is 141 Å². The van der Waals surface area contributed by atoms with E-state index in [0.29, 0.717) is 0 Å². The molecule has 0 unspecified atom stereocenters. The summed E-state index contributed by atoms with van der Waals surface area (Å²) in [5.41, 5.74) is -1.48. The first kappa shape index (κ1) is 19.3. The molecule has 0 aromatic carbocycles. The van der Waals surface area contributed by atoms with Crippen LogP contribution >= 0.6 is 11.8 Å². The third kappa shape index (κ3) is 6.48. The van der Waals surface area contributed by atoms with Crippen molar-refractivity contribution in [3.63, 3.8) is 0 Å². The third-order valence-corrected chi connectivity index (χ3v) is 3.06. The highest BCUT2D eigenvalue weighted by molar-refractivity contribution is 7.98. The number of imide groups is 1. The van der Waals surface area contributed by atoms with E-state index >= 15 is 0 Å². The number of hydrogen-bond donors (Lipinski definition) is 0. The molecule has 6 nitrogen and oxygen atoms in total. The molecule has 0 fully saturated rings. The van der Waals surface area contributed by atoms with E-state index in [0.717, 1.165) is 9.80 Å². The van der Waals surface area contributed by atoms with Gasteiger partial charge in [-0.05, 0) is 59.9 Å². The van der Waals surface area contributed by atoms with Crippen molar-refractivity contribution in [2.24, 2.45) is 0 Å². The van der Waals surface area contributed by atoms with Crippen LogP contribution in [-0.2, 0) is 9.47 Å². The number of thioether (sulfide) groups is 1. The van der Waals surface area contributed by atoms with Gasteiger partial charge in [0.25, 0.3) is 0 Å². The fourth-order valence-corrected chi connectivity index (χ4v) is 1.95. The molecular weight excluding hydrogens is 316 g/mol. The summed E-state index contributed by atoms with van der Waals surface area (Å²) in [6.45, 7) is 10.4. The fourth-order valence-electron chi connectivity index (χ4n) is 1.53. The number of pyridine rings is 1. The zero-order valence-corrected chi connectivity index (χ0v) is 15.5. The molecule has 0 N–H and O–H groups in total. The number of hydrogen-bond acceptors (Lipinski definition) is 6. The Morgan fingerprint density at radius 1 is 1.04 bits per heavy atom. The lowest BCUT2D eigenvalue weighted by molar-refractivity contribution is 0.0429. The standard InChI is InChI=1S/C16H24N2O4S/c1-15(2,3)21-13(19)18(14(20)22-16(4,5)6)12-10-11(23-7)8-9-17-12/h8-10H,1-7H3. The summed E-state index contributed by atoms with van der Waals surface area (Å²) in [5.74, 6) is 0.167. The molecule has 0 aliphatic carbocycles. The zero-order chi connectivity index (χ0) is 17.8. The first-order valence-electron chi connectivity index (χ1n) is 7.19. The second kappa shape index (κ2) is 7.21. The van der Waals surface area contributed by atoms with Crippen molar-refractivity contribution in [1.82, 2.24) is 4.98 Å². The lowest BCUT2D eigenvalue weighted by Gasteiger charge is -2.28. The van der Waals surface area contributed by atoms with Crippen molar-refractivity contribution in [2.45, 2.75) is 57.6 Å². The first-order chi connectivity index (χ1) is 10.4. The number of amides is 2. The average Bonchev–Trinajstić information content (AvgIpc) is 2.34. The predicted molar refractivity (Wildman–Crippen MR) is 91.0 cm³/mol. The Bertz CT molecular complexity index is 548. The predicted octanol–water partition coefficient (Wildman–Crippen LogP) is 4.48. The molecule has 0 atom stereocenters. The average molecular weight is 340 g/mol. The molecule has 1 aromatic heterocycles. The number of carbonyl (C=O) groups excluding carboxylic acids is 2. The highest BCUT2D eigenvalue weighted by Crippen LogP contribution is 2.23. The Morgan fingerprint density at radius 2 is 1.52 bits per heavy atom. The van der Waals surface area contributed by atoms with E-state index in [-0.39, 0.29) is 5.82 Å². The van der Waals surface area contributed by atoms with Gasteiger partial charge in [-0.25, -0.2) is 14.6 Å². The van der Waals surface area contributed by atoms with Crippen molar-refractivity contribution in [1.29, 1.82) is 0 Å². The van der Waals surface area contributed by atoms with Crippen molar-refractivity contribution in [3.05, 3.63) is 18.3 Å². The number of ether oxygens (including phenoxy) is 2. The van der Waals surface area contributed by atoms with Crippen LogP contribution in [-0.4, -0.2) is 34.6 Å². The van der Waals surface area contributed by atoms with E-state index in [1.165, 1.54) is 18.0 Å². The maximum atomic E-state index is 12.4. The third-order valence-electron chi connectivity index (χ3n) is 2.33. The molecule has 0 saturated carbocycles. The molecule has 0 aliphatic heterocycles. The molecular formula is C16H24N2O4S. The molecule has 0 bridgehead atoms. The summed E-state index contributed by atoms with van der Waals surface area (Å²) in [5, 5.41) is 0. The summed E-state index contributed by atoms with van der Waals surface area (Å²) in [6.07, 6.45) is 1.78. The summed E-state index contributed by atoms with van der Waals surface area (Å²) in [6, 6.07) is 3.43. The van der Waals surface area contributed by atoms with Gasteiger partial charge in [-0.15, -0.1) is 11.8 Å². The van der Waals surface area contributed by atoms with Gasteiger partial charge in [0.1, 0.15) is 17.0 Å². The summed E-state index contributed by atoms with van der Waals surface area (Å²) < 4.78 is 10.6. The van der Waals surface area contributed by atoms with Crippen LogP contribution in [0.2, 0.25) is 0 Å². The van der Waals surface area contributed by atoms with Crippen molar-refractivity contribution < 1.29 is 19.1 Å². The number of anilines is 1. The van der Waals surface area contributed by atoms with Gasteiger partial charge in [0.05, 0.1) is 0 Å². The lowest BCUT2D eigenvalue weighted by atomic mass is 10.2. The minimum absolute atomic E-state index is 0.167. The second-order valence-electron chi connectivity index (χ2n) is 6.85. The van der Waals surface area contributed by atoms with Crippen LogP contribution in [0.5, 0.6) is 0 Å². The van der Waals surface area contributed by atoms with Gasteiger partial charge < -0.3 is 9.47 Å². The van der Waals surface area contributed by atoms with Gasteiger partial charge >= 0.3 is 12.2 Å². The van der Waals surface area contributed by atoms with Crippen LogP contribution in [0.15, 0.2) is 23.2 Å². The molecule has 23 heavy (non-hydrogen) atoms. The zero-order valence-electron chi connectivity index (χ0n) is 14.7. The van der Waals surface area contributed by atoms with E-state index in [1.54, 1.807) is 53.7 Å². The van der Waals surface area contributed by atoms with E-state index < -0.39 is 23.4 Å². The normalized spacial score (nSPS) is 11.8. The SMILES string of the molecule is CSc1ccnc(N(C(=O)OC(C)(C)C)C(=O)OC(C)(C)C)c1. The van der Waals surface area contributed by atoms with E-state index in [1.807, 2.05) is 6.26 Å². The van der Waals surface area contributed by atoms with Crippen LogP contribution in [0.4, 0.5) is 15.4 Å². The maximum absolute atomic E-state index is 12.4. The smallest absolute Gasteiger partial charge is 0.425 e. The highest BCUT2D eigenvalue weighted by atomic mass is 32.2. The van der Waals surface area contributed by atoms with Gasteiger partial charge in [0.15, 0.2) is 0 Å². The van der Waals surface area contributed by atoms with E-state index in [2.05, 4.69) is 4.98 Å². The van der Waals surface area contributed by atoms with Gasteiger partial charge in [-0.2, -0.15) is 4.90 Å². The van der Waals surface area contributed by atoms with Crippen LogP contribution in [0.1, 0.15) is 41.5 Å². The topological polar surface area (TPSA) is 68.7 Å². The van der Waals surface area contributed by atoms with Crippen molar-refractivity contribution >= 4 is 29.8 Å². The quantitative estimate of drug-likeness (QED) is 0.739. The number of rotatable bonds is 2. The van der Waals surface area contributed by atoms with Crippen LogP contribution in [0.3, 0.4) is 0 Å². The molecule has 0 spiro atoms. The van der Waals surface area contributed by atoms with Crippen molar-refractivity contribution in [2.75, 3.05) is 11.2 Å². The van der Waals surface area contributed by atoms with Crippen molar-refractivity contribution in [3.8, 4) is 0 Å². The molecule has 128 valence electrons.